The van der Waals surface area contributed by atoms with E-state index in [1.54, 1.807) is 0 Å². The van der Waals surface area contributed by atoms with Gasteiger partial charge in [0, 0.05) is 25.1 Å². The highest BCUT2D eigenvalue weighted by molar-refractivity contribution is 5.79. The van der Waals surface area contributed by atoms with Crippen molar-refractivity contribution in [2.45, 2.75) is 57.0 Å². The van der Waals surface area contributed by atoms with Crippen LogP contribution in [-0.4, -0.2) is 49.2 Å². The van der Waals surface area contributed by atoms with Crippen LogP contribution in [0.15, 0.2) is 0 Å². The lowest BCUT2D eigenvalue weighted by atomic mass is 9.94. The van der Waals surface area contributed by atoms with Crippen LogP contribution in [0.4, 0.5) is 0 Å². The Balaban J connectivity index is 1.49. The summed E-state index contributed by atoms with van der Waals surface area (Å²) in [7, 11) is 0. The smallest absolute Gasteiger partial charge is 0.225 e. The van der Waals surface area contributed by atoms with E-state index in [4.69, 9.17) is 4.74 Å². The molecule has 2 aliphatic heterocycles. The Morgan fingerprint density at radius 1 is 1.23 bits per heavy atom. The van der Waals surface area contributed by atoms with Crippen LogP contribution >= 0.6 is 0 Å². The Morgan fingerprint density at radius 2 is 2.05 bits per heavy atom. The molecule has 1 saturated carbocycles. The maximum Gasteiger partial charge on any atom is 0.225 e. The number of nitrogens with one attached hydrogen (secondary N) is 1. The molecule has 0 radical (unpaired) electrons. The minimum Gasteiger partial charge on any atom is -0.381 e. The van der Waals surface area contributed by atoms with E-state index in [2.05, 4.69) is 16.3 Å². The Bertz CT molecular complexity index is 422. The van der Waals surface area contributed by atoms with Crippen LogP contribution < -0.4 is 5.32 Å². The first-order chi connectivity index (χ1) is 10.8. The molecule has 0 bridgehead atoms. The van der Waals surface area contributed by atoms with Crippen LogP contribution in [0.2, 0.25) is 0 Å². The first-order valence-electron chi connectivity index (χ1n) is 8.79. The van der Waals surface area contributed by atoms with E-state index < -0.39 is 6.04 Å². The van der Waals surface area contributed by atoms with Gasteiger partial charge in [-0.05, 0) is 32.2 Å². The van der Waals surface area contributed by atoms with E-state index in [-0.39, 0.29) is 17.7 Å². The van der Waals surface area contributed by atoms with Crippen molar-refractivity contribution in [1.82, 2.24) is 10.2 Å². The number of rotatable bonds is 4. The summed E-state index contributed by atoms with van der Waals surface area (Å²) in [5.41, 5.74) is 0. The first kappa shape index (κ1) is 15.8. The van der Waals surface area contributed by atoms with Gasteiger partial charge in [-0.1, -0.05) is 19.3 Å². The maximum absolute atomic E-state index is 12.5. The fourth-order valence-electron chi connectivity index (χ4n) is 4.12. The first-order valence-corrected chi connectivity index (χ1v) is 8.79. The minimum atomic E-state index is -0.390. The summed E-state index contributed by atoms with van der Waals surface area (Å²) < 4.78 is 5.33. The number of likely N-dealkylation sites (tertiary alicyclic amines) is 1. The summed E-state index contributed by atoms with van der Waals surface area (Å²) in [5.74, 6) is 0.279. The molecule has 3 fully saturated rings. The zero-order valence-corrected chi connectivity index (χ0v) is 13.3. The molecular weight excluding hydrogens is 278 g/mol. The third kappa shape index (κ3) is 3.61. The molecule has 1 N–H and O–H groups in total. The number of carbonyl (C=O) groups excluding carboxylic acids is 1. The molecule has 5 heteroatoms. The zero-order valence-electron chi connectivity index (χ0n) is 13.3. The number of amides is 1. The van der Waals surface area contributed by atoms with Gasteiger partial charge in [-0.2, -0.15) is 5.26 Å². The summed E-state index contributed by atoms with van der Waals surface area (Å²) in [4.78, 5) is 15.0. The van der Waals surface area contributed by atoms with Crippen molar-refractivity contribution in [3.63, 3.8) is 0 Å². The Labute approximate surface area is 133 Å². The summed E-state index contributed by atoms with van der Waals surface area (Å²) >= 11 is 0. The van der Waals surface area contributed by atoms with Gasteiger partial charge in [0.25, 0.3) is 0 Å². The van der Waals surface area contributed by atoms with Crippen molar-refractivity contribution in [2.24, 2.45) is 11.8 Å². The van der Waals surface area contributed by atoms with E-state index in [1.807, 2.05) is 0 Å². The van der Waals surface area contributed by atoms with Gasteiger partial charge in [0.1, 0.15) is 6.04 Å². The van der Waals surface area contributed by atoms with Gasteiger partial charge in [0.15, 0.2) is 0 Å². The van der Waals surface area contributed by atoms with Gasteiger partial charge >= 0.3 is 0 Å². The SMILES string of the molecule is N#C[C@H](NC(=O)[C@H]1CCN(C2CCCCC2)C1)[C@H]1CCOC1. The molecule has 22 heavy (non-hydrogen) atoms. The molecule has 0 unspecified atom stereocenters. The molecule has 0 aromatic rings. The average molecular weight is 305 g/mol. The summed E-state index contributed by atoms with van der Waals surface area (Å²) in [6, 6.07) is 2.54. The number of carbonyl (C=O) groups is 1. The van der Waals surface area contributed by atoms with E-state index in [1.165, 1.54) is 32.1 Å². The second kappa shape index (κ2) is 7.43. The van der Waals surface area contributed by atoms with Crippen molar-refractivity contribution >= 4 is 5.91 Å². The largest absolute Gasteiger partial charge is 0.381 e. The quantitative estimate of drug-likeness (QED) is 0.858. The molecule has 3 rings (SSSR count). The van der Waals surface area contributed by atoms with Crippen LogP contribution in [-0.2, 0) is 9.53 Å². The van der Waals surface area contributed by atoms with Crippen LogP contribution in [0, 0.1) is 23.2 Å². The van der Waals surface area contributed by atoms with E-state index >= 15 is 0 Å². The fourth-order valence-corrected chi connectivity index (χ4v) is 4.12. The lowest BCUT2D eigenvalue weighted by Gasteiger charge is -2.31. The number of nitrogens with zero attached hydrogens (tertiary/aromatic N) is 2. The highest BCUT2D eigenvalue weighted by Gasteiger charge is 2.35. The van der Waals surface area contributed by atoms with Crippen molar-refractivity contribution in [2.75, 3.05) is 26.3 Å². The van der Waals surface area contributed by atoms with E-state index in [0.717, 1.165) is 25.9 Å². The molecule has 3 atom stereocenters. The average Bonchev–Trinajstić information content (AvgIpc) is 3.24. The molecule has 2 saturated heterocycles. The molecule has 3 aliphatic rings. The highest BCUT2D eigenvalue weighted by Crippen LogP contribution is 2.28. The summed E-state index contributed by atoms with van der Waals surface area (Å²) in [6.07, 6.45) is 8.40. The van der Waals surface area contributed by atoms with Gasteiger partial charge in [-0.25, -0.2) is 0 Å². The molecule has 2 heterocycles. The standard InChI is InChI=1S/C17H27N3O2/c18-10-16(14-7-9-22-12-14)19-17(21)13-6-8-20(11-13)15-4-2-1-3-5-15/h13-16H,1-9,11-12H2,(H,19,21)/t13-,14-,16-/m0/s1. The third-order valence-corrected chi connectivity index (χ3v) is 5.55. The summed E-state index contributed by atoms with van der Waals surface area (Å²) in [6.45, 7) is 3.21. The van der Waals surface area contributed by atoms with E-state index in [0.29, 0.717) is 19.3 Å². The minimum absolute atomic E-state index is 0.0556. The van der Waals surface area contributed by atoms with Gasteiger partial charge < -0.3 is 10.1 Å². The van der Waals surface area contributed by atoms with Gasteiger partial charge in [-0.3, -0.25) is 9.69 Å². The van der Waals surface area contributed by atoms with Crippen LogP contribution in [0.3, 0.4) is 0 Å². The Morgan fingerprint density at radius 3 is 2.73 bits per heavy atom. The lowest BCUT2D eigenvalue weighted by molar-refractivity contribution is -0.125. The zero-order chi connectivity index (χ0) is 15.4. The van der Waals surface area contributed by atoms with Crippen LogP contribution in [0.1, 0.15) is 44.9 Å². The van der Waals surface area contributed by atoms with Crippen molar-refractivity contribution < 1.29 is 9.53 Å². The Kier molecular flexibility index (Phi) is 5.32. The van der Waals surface area contributed by atoms with Crippen molar-refractivity contribution in [3.8, 4) is 6.07 Å². The molecule has 1 aliphatic carbocycles. The van der Waals surface area contributed by atoms with Crippen molar-refractivity contribution in [3.05, 3.63) is 0 Å². The fraction of sp³-hybridized carbons (Fsp3) is 0.882. The van der Waals surface area contributed by atoms with Gasteiger partial charge in [0.05, 0.1) is 18.6 Å². The topological polar surface area (TPSA) is 65.4 Å². The second-order valence-electron chi connectivity index (χ2n) is 7.01. The third-order valence-electron chi connectivity index (χ3n) is 5.55. The molecule has 0 aromatic carbocycles. The maximum atomic E-state index is 12.5. The second-order valence-corrected chi connectivity index (χ2v) is 7.01. The molecular formula is C17H27N3O2. The predicted molar refractivity (Wildman–Crippen MR) is 83.0 cm³/mol. The normalized spacial score (nSPS) is 31.8. The van der Waals surface area contributed by atoms with Crippen molar-refractivity contribution in [1.29, 1.82) is 5.26 Å². The number of ether oxygens (including phenoxy) is 1. The summed E-state index contributed by atoms with van der Waals surface area (Å²) in [5, 5.41) is 12.3. The molecule has 0 spiro atoms. The van der Waals surface area contributed by atoms with Crippen LogP contribution in [0.5, 0.6) is 0 Å². The van der Waals surface area contributed by atoms with E-state index in [9.17, 15) is 10.1 Å². The lowest BCUT2D eigenvalue weighted by Crippen LogP contribution is -2.44. The molecule has 5 nitrogen and oxygen atoms in total. The number of hydrogen-bond acceptors (Lipinski definition) is 4. The van der Waals surface area contributed by atoms with Crippen LogP contribution in [0.25, 0.3) is 0 Å². The van der Waals surface area contributed by atoms with Gasteiger partial charge in [-0.15, -0.1) is 0 Å². The molecule has 1 amide bonds. The highest BCUT2D eigenvalue weighted by atomic mass is 16.5. The number of nitriles is 1. The molecule has 0 aromatic heterocycles. The Hall–Kier alpha value is -1.12. The number of hydrogen-bond donors (Lipinski definition) is 1. The van der Waals surface area contributed by atoms with Gasteiger partial charge in [0.2, 0.25) is 5.91 Å². The predicted octanol–water partition coefficient (Wildman–Crippen LogP) is 1.69. The monoisotopic (exact) mass is 305 g/mol. The molecule has 122 valence electrons.